The summed E-state index contributed by atoms with van der Waals surface area (Å²) in [6.45, 7) is 5.02. The highest BCUT2D eigenvalue weighted by atomic mass is 16.2. The molecule has 2 amide bonds. The van der Waals surface area contributed by atoms with Crippen LogP contribution in [-0.2, 0) is 0 Å². The van der Waals surface area contributed by atoms with Crippen molar-refractivity contribution in [2.75, 3.05) is 11.9 Å². The topological polar surface area (TPSA) is 41.1 Å². The smallest absolute Gasteiger partial charge is 0.319 e. The summed E-state index contributed by atoms with van der Waals surface area (Å²) < 4.78 is 0. The predicted octanol–water partition coefficient (Wildman–Crippen LogP) is 5.26. The van der Waals surface area contributed by atoms with Gasteiger partial charge < -0.3 is 10.6 Å². The molecule has 0 atom stereocenters. The molecule has 0 saturated carbocycles. The lowest BCUT2D eigenvalue weighted by Gasteiger charge is -2.08. The average molecular weight is 290 g/mol. The van der Waals surface area contributed by atoms with Crippen molar-refractivity contribution in [3.8, 4) is 0 Å². The SMILES string of the molecule is CCCCCCCCCCNC(=O)Nc1cccc(C)c1. The van der Waals surface area contributed by atoms with Crippen LogP contribution < -0.4 is 10.6 Å². The molecule has 0 unspecified atom stereocenters. The molecule has 118 valence electrons. The Hall–Kier alpha value is -1.51. The molecular weight excluding hydrogens is 260 g/mol. The van der Waals surface area contributed by atoms with Crippen LogP contribution in [0.3, 0.4) is 0 Å². The molecule has 0 spiro atoms. The minimum Gasteiger partial charge on any atom is -0.338 e. The van der Waals surface area contributed by atoms with Gasteiger partial charge in [0, 0.05) is 12.2 Å². The summed E-state index contributed by atoms with van der Waals surface area (Å²) in [5.41, 5.74) is 2.00. The van der Waals surface area contributed by atoms with Crippen LogP contribution in [0.4, 0.5) is 10.5 Å². The molecule has 0 heterocycles. The van der Waals surface area contributed by atoms with Crippen LogP contribution in [0.1, 0.15) is 63.9 Å². The minimum atomic E-state index is -0.108. The summed E-state index contributed by atoms with van der Waals surface area (Å²) >= 11 is 0. The maximum Gasteiger partial charge on any atom is 0.319 e. The van der Waals surface area contributed by atoms with Gasteiger partial charge in [-0.2, -0.15) is 0 Å². The quantitative estimate of drug-likeness (QED) is 0.567. The Morgan fingerprint density at radius 1 is 1.00 bits per heavy atom. The highest BCUT2D eigenvalue weighted by Crippen LogP contribution is 2.09. The molecule has 3 heteroatoms. The van der Waals surface area contributed by atoms with E-state index in [2.05, 4.69) is 17.6 Å². The summed E-state index contributed by atoms with van der Waals surface area (Å²) in [5.74, 6) is 0. The number of amides is 2. The number of anilines is 1. The standard InChI is InChI=1S/C18H30N2O/c1-3-4-5-6-7-8-9-10-14-19-18(21)20-17-13-11-12-16(2)15-17/h11-13,15H,3-10,14H2,1-2H3,(H2,19,20,21). The van der Waals surface area contributed by atoms with Crippen LogP contribution in [0, 0.1) is 6.92 Å². The van der Waals surface area contributed by atoms with E-state index < -0.39 is 0 Å². The lowest BCUT2D eigenvalue weighted by Crippen LogP contribution is -2.29. The van der Waals surface area contributed by atoms with Crippen LogP contribution in [-0.4, -0.2) is 12.6 Å². The van der Waals surface area contributed by atoms with E-state index in [9.17, 15) is 4.79 Å². The molecule has 0 bridgehead atoms. The summed E-state index contributed by atoms with van der Waals surface area (Å²) in [6, 6.07) is 7.73. The molecule has 0 saturated heterocycles. The molecule has 1 rings (SSSR count). The first-order valence-corrected chi connectivity index (χ1v) is 8.34. The van der Waals surface area contributed by atoms with Gasteiger partial charge in [-0.15, -0.1) is 0 Å². The minimum absolute atomic E-state index is 0.108. The number of rotatable bonds is 10. The summed E-state index contributed by atoms with van der Waals surface area (Å²) in [5, 5.41) is 5.77. The van der Waals surface area contributed by atoms with Gasteiger partial charge in [-0.25, -0.2) is 4.79 Å². The van der Waals surface area contributed by atoms with Gasteiger partial charge in [0.05, 0.1) is 0 Å². The van der Waals surface area contributed by atoms with E-state index in [4.69, 9.17) is 0 Å². The maximum absolute atomic E-state index is 11.7. The fourth-order valence-electron chi connectivity index (χ4n) is 2.36. The molecule has 21 heavy (non-hydrogen) atoms. The Morgan fingerprint density at radius 2 is 1.67 bits per heavy atom. The van der Waals surface area contributed by atoms with Crippen molar-refractivity contribution in [3.63, 3.8) is 0 Å². The Bertz CT molecular complexity index is 404. The molecule has 1 aromatic rings. The Kier molecular flexibility index (Phi) is 9.34. The van der Waals surface area contributed by atoms with E-state index in [1.807, 2.05) is 31.2 Å². The van der Waals surface area contributed by atoms with E-state index >= 15 is 0 Å². The number of unbranched alkanes of at least 4 members (excludes halogenated alkanes) is 7. The molecule has 3 nitrogen and oxygen atoms in total. The second-order valence-electron chi connectivity index (χ2n) is 5.73. The third-order valence-electron chi connectivity index (χ3n) is 3.59. The van der Waals surface area contributed by atoms with Crippen molar-refractivity contribution in [2.45, 2.75) is 65.2 Å². The molecule has 0 aliphatic heterocycles. The van der Waals surface area contributed by atoms with Crippen molar-refractivity contribution >= 4 is 11.7 Å². The first-order chi connectivity index (χ1) is 10.2. The molecule has 2 N–H and O–H groups in total. The molecule has 0 radical (unpaired) electrons. The van der Waals surface area contributed by atoms with Crippen molar-refractivity contribution in [3.05, 3.63) is 29.8 Å². The van der Waals surface area contributed by atoms with Crippen LogP contribution in [0.2, 0.25) is 0 Å². The number of carbonyl (C=O) groups is 1. The van der Waals surface area contributed by atoms with Gasteiger partial charge in [0.25, 0.3) is 0 Å². The summed E-state index contributed by atoms with van der Waals surface area (Å²) in [6.07, 6.45) is 10.3. The van der Waals surface area contributed by atoms with Crippen LogP contribution in [0.25, 0.3) is 0 Å². The number of carbonyl (C=O) groups excluding carboxylic acids is 1. The second-order valence-corrected chi connectivity index (χ2v) is 5.73. The maximum atomic E-state index is 11.7. The number of aryl methyl sites for hydroxylation is 1. The average Bonchev–Trinajstić information content (AvgIpc) is 2.45. The van der Waals surface area contributed by atoms with Crippen molar-refractivity contribution in [1.29, 1.82) is 0 Å². The normalized spacial score (nSPS) is 10.4. The lowest BCUT2D eigenvalue weighted by molar-refractivity contribution is 0.252. The van der Waals surface area contributed by atoms with Gasteiger partial charge in [0.1, 0.15) is 0 Å². The van der Waals surface area contributed by atoms with E-state index in [1.54, 1.807) is 0 Å². The van der Waals surface area contributed by atoms with Gasteiger partial charge in [-0.1, -0.05) is 64.0 Å². The monoisotopic (exact) mass is 290 g/mol. The fourth-order valence-corrected chi connectivity index (χ4v) is 2.36. The number of hydrogen-bond donors (Lipinski definition) is 2. The second kappa shape index (κ2) is 11.2. The summed E-state index contributed by atoms with van der Waals surface area (Å²) in [7, 11) is 0. The van der Waals surface area contributed by atoms with E-state index in [0.29, 0.717) is 0 Å². The van der Waals surface area contributed by atoms with Gasteiger partial charge in [-0.3, -0.25) is 0 Å². The zero-order valence-corrected chi connectivity index (χ0v) is 13.6. The van der Waals surface area contributed by atoms with Crippen LogP contribution in [0.15, 0.2) is 24.3 Å². The number of nitrogens with one attached hydrogen (secondary N) is 2. The third-order valence-corrected chi connectivity index (χ3v) is 3.59. The largest absolute Gasteiger partial charge is 0.338 e. The number of urea groups is 1. The molecule has 0 fully saturated rings. The molecule has 1 aromatic carbocycles. The van der Waals surface area contributed by atoms with E-state index in [0.717, 1.165) is 24.2 Å². The zero-order valence-electron chi connectivity index (χ0n) is 13.6. The lowest BCUT2D eigenvalue weighted by atomic mass is 10.1. The van der Waals surface area contributed by atoms with Crippen molar-refractivity contribution in [2.24, 2.45) is 0 Å². The van der Waals surface area contributed by atoms with E-state index in [1.165, 1.54) is 44.9 Å². The predicted molar refractivity (Wildman–Crippen MR) is 90.8 cm³/mol. The Balaban J connectivity index is 1.99. The highest BCUT2D eigenvalue weighted by Gasteiger charge is 2.00. The number of benzene rings is 1. The molecule has 0 aromatic heterocycles. The van der Waals surface area contributed by atoms with Gasteiger partial charge in [0.15, 0.2) is 0 Å². The first kappa shape index (κ1) is 17.5. The Morgan fingerprint density at radius 3 is 2.33 bits per heavy atom. The van der Waals surface area contributed by atoms with Gasteiger partial charge in [0.2, 0.25) is 0 Å². The molecular formula is C18H30N2O. The molecule has 0 aliphatic carbocycles. The number of hydrogen-bond acceptors (Lipinski definition) is 1. The van der Waals surface area contributed by atoms with Crippen LogP contribution in [0.5, 0.6) is 0 Å². The molecule has 0 aliphatic rings. The van der Waals surface area contributed by atoms with Gasteiger partial charge >= 0.3 is 6.03 Å². The van der Waals surface area contributed by atoms with E-state index in [-0.39, 0.29) is 6.03 Å². The van der Waals surface area contributed by atoms with Crippen molar-refractivity contribution in [1.82, 2.24) is 5.32 Å². The highest BCUT2D eigenvalue weighted by molar-refractivity contribution is 5.89. The summed E-state index contributed by atoms with van der Waals surface area (Å²) in [4.78, 5) is 11.7. The van der Waals surface area contributed by atoms with Crippen LogP contribution >= 0.6 is 0 Å². The van der Waals surface area contributed by atoms with Crippen molar-refractivity contribution < 1.29 is 4.79 Å². The first-order valence-electron chi connectivity index (χ1n) is 8.34. The fraction of sp³-hybridized carbons (Fsp3) is 0.611. The zero-order chi connectivity index (χ0) is 15.3. The Labute approximate surface area is 129 Å². The van der Waals surface area contributed by atoms with Gasteiger partial charge in [-0.05, 0) is 31.0 Å². The third kappa shape index (κ3) is 9.11.